The average Bonchev–Trinajstić information content (AvgIpc) is 3.38. The summed E-state index contributed by atoms with van der Waals surface area (Å²) in [6, 6.07) is 13.0. The highest BCUT2D eigenvalue weighted by Crippen LogP contribution is 2.33. The molecule has 3 aromatic heterocycles. The maximum absolute atomic E-state index is 13.3. The standard InChI is InChI=1S/C22H14F3N5O4S2/c23-22(24,25)18-11-16(17-4-3-7-34-17)28-21(29-18)35-12-19(31)27-13-8-14(30(32)33)10-15(9-13)36-20-5-1-2-6-26-20/h1-11H,12H2,(H,27,31). The highest BCUT2D eigenvalue weighted by molar-refractivity contribution is 7.99. The number of nitrogens with one attached hydrogen (secondary N) is 1. The van der Waals surface area contributed by atoms with Crippen LogP contribution in [-0.2, 0) is 11.0 Å². The molecule has 9 nitrogen and oxygen atoms in total. The van der Waals surface area contributed by atoms with Crippen molar-refractivity contribution < 1.29 is 27.3 Å². The topological polar surface area (TPSA) is 124 Å². The largest absolute Gasteiger partial charge is 0.463 e. The van der Waals surface area contributed by atoms with E-state index in [0.717, 1.165) is 6.07 Å². The number of thioether (sulfide) groups is 1. The lowest BCUT2D eigenvalue weighted by atomic mass is 10.2. The summed E-state index contributed by atoms with van der Waals surface area (Å²) in [6.45, 7) is 0. The van der Waals surface area contributed by atoms with Crippen LogP contribution in [0.2, 0.25) is 0 Å². The smallest absolute Gasteiger partial charge is 0.433 e. The first kappa shape index (κ1) is 25.2. The van der Waals surface area contributed by atoms with Gasteiger partial charge in [0.2, 0.25) is 5.91 Å². The lowest BCUT2D eigenvalue weighted by Gasteiger charge is -2.10. The Morgan fingerprint density at radius 1 is 1.11 bits per heavy atom. The van der Waals surface area contributed by atoms with Crippen molar-refractivity contribution in [1.82, 2.24) is 15.0 Å². The Labute approximate surface area is 209 Å². The van der Waals surface area contributed by atoms with E-state index in [-0.39, 0.29) is 33.7 Å². The van der Waals surface area contributed by atoms with Gasteiger partial charge in [-0.2, -0.15) is 13.2 Å². The highest BCUT2D eigenvalue weighted by Gasteiger charge is 2.34. The Balaban J connectivity index is 1.50. The van der Waals surface area contributed by atoms with Crippen molar-refractivity contribution in [2.24, 2.45) is 0 Å². The Morgan fingerprint density at radius 3 is 2.61 bits per heavy atom. The Kier molecular flexibility index (Phi) is 7.55. The molecule has 0 aliphatic carbocycles. The van der Waals surface area contributed by atoms with Gasteiger partial charge in [0.25, 0.3) is 5.69 Å². The number of nitro groups is 1. The maximum atomic E-state index is 13.3. The predicted molar refractivity (Wildman–Crippen MR) is 126 cm³/mol. The molecular formula is C22H14F3N5O4S2. The molecule has 184 valence electrons. The minimum atomic E-state index is -4.73. The van der Waals surface area contributed by atoms with Crippen LogP contribution < -0.4 is 5.32 Å². The monoisotopic (exact) mass is 533 g/mol. The third-order valence-corrected chi connectivity index (χ3v) is 6.12. The van der Waals surface area contributed by atoms with Crippen LogP contribution in [0.3, 0.4) is 0 Å². The molecule has 4 aromatic rings. The van der Waals surface area contributed by atoms with Gasteiger partial charge in [-0.15, -0.1) is 0 Å². The number of aromatic nitrogens is 3. The molecule has 36 heavy (non-hydrogen) atoms. The zero-order chi connectivity index (χ0) is 25.7. The van der Waals surface area contributed by atoms with Crippen LogP contribution in [0.1, 0.15) is 5.69 Å². The number of pyridine rings is 1. The van der Waals surface area contributed by atoms with Crippen molar-refractivity contribution in [1.29, 1.82) is 0 Å². The first-order chi connectivity index (χ1) is 17.2. The van der Waals surface area contributed by atoms with Gasteiger partial charge in [0.1, 0.15) is 16.4 Å². The normalized spacial score (nSPS) is 11.3. The molecule has 4 rings (SSSR count). The number of carbonyl (C=O) groups is 1. The summed E-state index contributed by atoms with van der Waals surface area (Å²) < 4.78 is 45.0. The number of carbonyl (C=O) groups excluding carboxylic acids is 1. The molecule has 1 aromatic carbocycles. The number of amides is 1. The summed E-state index contributed by atoms with van der Waals surface area (Å²) in [5.74, 6) is -0.844. The van der Waals surface area contributed by atoms with Crippen molar-refractivity contribution in [2.45, 2.75) is 21.3 Å². The fraction of sp³-hybridized carbons (Fsp3) is 0.0909. The van der Waals surface area contributed by atoms with Crippen molar-refractivity contribution in [3.05, 3.63) is 82.9 Å². The van der Waals surface area contributed by atoms with Gasteiger partial charge in [-0.3, -0.25) is 14.9 Å². The lowest BCUT2D eigenvalue weighted by molar-refractivity contribution is -0.385. The lowest BCUT2D eigenvalue weighted by Crippen LogP contribution is -2.15. The predicted octanol–water partition coefficient (Wildman–Crippen LogP) is 5.94. The summed E-state index contributed by atoms with van der Waals surface area (Å²) in [5.41, 5.74) is -1.36. The van der Waals surface area contributed by atoms with Crippen LogP contribution in [0.4, 0.5) is 24.5 Å². The van der Waals surface area contributed by atoms with E-state index in [9.17, 15) is 28.1 Å². The van der Waals surface area contributed by atoms with E-state index >= 15 is 0 Å². The molecular weight excluding hydrogens is 519 g/mol. The number of furan rings is 1. The van der Waals surface area contributed by atoms with Gasteiger partial charge in [-0.25, -0.2) is 15.0 Å². The number of alkyl halides is 3. The summed E-state index contributed by atoms with van der Waals surface area (Å²) in [4.78, 5) is 35.4. The highest BCUT2D eigenvalue weighted by atomic mass is 32.2. The number of anilines is 1. The second-order valence-electron chi connectivity index (χ2n) is 6.98. The van der Waals surface area contributed by atoms with E-state index in [1.54, 1.807) is 24.4 Å². The molecule has 0 aliphatic heterocycles. The molecule has 0 radical (unpaired) electrons. The zero-order valence-electron chi connectivity index (χ0n) is 17.9. The Bertz CT molecular complexity index is 1390. The van der Waals surface area contributed by atoms with E-state index < -0.39 is 22.7 Å². The summed E-state index contributed by atoms with van der Waals surface area (Å²) in [6.07, 6.45) is -1.86. The molecule has 0 atom stereocenters. The minimum absolute atomic E-state index is 0.0832. The van der Waals surface area contributed by atoms with Crippen molar-refractivity contribution in [3.63, 3.8) is 0 Å². The summed E-state index contributed by atoms with van der Waals surface area (Å²) in [5, 5.41) is 14.2. The quantitative estimate of drug-likeness (QED) is 0.127. The number of hydrogen-bond acceptors (Lipinski definition) is 9. The first-order valence-corrected chi connectivity index (χ1v) is 11.8. The fourth-order valence-electron chi connectivity index (χ4n) is 2.86. The van der Waals surface area contributed by atoms with Gasteiger partial charge in [-0.1, -0.05) is 29.6 Å². The molecule has 0 aliphatic rings. The van der Waals surface area contributed by atoms with Crippen LogP contribution in [0, 0.1) is 10.1 Å². The SMILES string of the molecule is O=C(CSc1nc(-c2ccco2)cc(C(F)(F)F)n1)Nc1cc(Sc2ccccn2)cc([N+](=O)[O-])c1. The van der Waals surface area contributed by atoms with Crippen molar-refractivity contribution in [3.8, 4) is 11.5 Å². The van der Waals surface area contributed by atoms with Crippen LogP contribution >= 0.6 is 23.5 Å². The number of nitro benzene ring substituents is 1. The molecule has 0 fully saturated rings. The number of nitrogens with zero attached hydrogens (tertiary/aromatic N) is 4. The van der Waals surface area contributed by atoms with Crippen molar-refractivity contribution >= 4 is 40.8 Å². The Hall–Kier alpha value is -3.91. The van der Waals surface area contributed by atoms with Crippen molar-refractivity contribution in [2.75, 3.05) is 11.1 Å². The Morgan fingerprint density at radius 2 is 1.94 bits per heavy atom. The van der Waals surface area contributed by atoms with Crippen LogP contribution in [0.25, 0.3) is 11.5 Å². The van der Waals surface area contributed by atoms with Crippen LogP contribution in [0.15, 0.2) is 86.6 Å². The second kappa shape index (κ2) is 10.8. The van der Waals surface area contributed by atoms with E-state index in [2.05, 4.69) is 20.3 Å². The maximum Gasteiger partial charge on any atom is 0.433 e. The van der Waals surface area contributed by atoms with Crippen LogP contribution in [-0.4, -0.2) is 31.5 Å². The van der Waals surface area contributed by atoms with E-state index in [0.29, 0.717) is 21.7 Å². The van der Waals surface area contributed by atoms with E-state index in [1.807, 2.05) is 0 Å². The van der Waals surface area contributed by atoms with E-state index in [4.69, 9.17) is 4.42 Å². The van der Waals surface area contributed by atoms with Gasteiger partial charge in [0.15, 0.2) is 10.9 Å². The molecule has 14 heteroatoms. The number of rotatable bonds is 8. The molecule has 1 N–H and O–H groups in total. The fourth-order valence-corrected chi connectivity index (χ4v) is 4.39. The molecule has 0 unspecified atom stereocenters. The second-order valence-corrected chi connectivity index (χ2v) is 9.01. The first-order valence-electron chi connectivity index (χ1n) is 9.98. The average molecular weight is 534 g/mol. The summed E-state index contributed by atoms with van der Waals surface area (Å²) >= 11 is 1.85. The van der Waals surface area contributed by atoms with E-state index in [1.165, 1.54) is 48.4 Å². The molecule has 0 saturated heterocycles. The van der Waals surface area contributed by atoms with Gasteiger partial charge < -0.3 is 9.73 Å². The zero-order valence-corrected chi connectivity index (χ0v) is 19.6. The number of hydrogen-bond donors (Lipinski definition) is 1. The minimum Gasteiger partial charge on any atom is -0.463 e. The van der Waals surface area contributed by atoms with Gasteiger partial charge >= 0.3 is 6.18 Å². The summed E-state index contributed by atoms with van der Waals surface area (Å²) in [7, 11) is 0. The third-order valence-electron chi connectivity index (χ3n) is 4.35. The molecule has 0 saturated carbocycles. The number of benzene rings is 1. The van der Waals surface area contributed by atoms with Gasteiger partial charge in [-0.05, 0) is 36.4 Å². The number of halogens is 3. The number of non-ortho nitro benzene ring substituents is 1. The molecule has 1 amide bonds. The molecule has 0 bridgehead atoms. The third kappa shape index (κ3) is 6.60. The molecule has 3 heterocycles. The van der Waals surface area contributed by atoms with Crippen LogP contribution in [0.5, 0.6) is 0 Å². The molecule has 0 spiro atoms. The van der Waals surface area contributed by atoms with Gasteiger partial charge in [0, 0.05) is 28.9 Å². The van der Waals surface area contributed by atoms with Gasteiger partial charge in [0.05, 0.1) is 16.9 Å².